The molecule has 0 fully saturated rings. The second-order valence-electron chi connectivity index (χ2n) is 4.42. The summed E-state index contributed by atoms with van der Waals surface area (Å²) in [6, 6.07) is 8.22. The largest absolute Gasteiger partial charge is 0.508 e. The minimum atomic E-state index is 0.182. The molecule has 2 aromatic rings. The maximum absolute atomic E-state index is 9.61. The van der Waals surface area contributed by atoms with E-state index in [0.717, 1.165) is 16.9 Å². The summed E-state index contributed by atoms with van der Waals surface area (Å²) < 4.78 is 5.75. The van der Waals surface area contributed by atoms with Crippen molar-refractivity contribution in [2.75, 3.05) is 11.9 Å². The molecule has 3 rings (SSSR count). The molecule has 2 aromatic carbocycles. The van der Waals surface area contributed by atoms with E-state index in [1.54, 1.807) is 30.3 Å². The van der Waals surface area contributed by atoms with Gasteiger partial charge in [0.05, 0.1) is 11.4 Å². The molecule has 0 aromatic heterocycles. The molecule has 0 bridgehead atoms. The predicted octanol–water partition coefficient (Wildman–Crippen LogP) is 3.28. The van der Waals surface area contributed by atoms with Crippen LogP contribution in [-0.2, 0) is 0 Å². The minimum absolute atomic E-state index is 0.182. The molecule has 4 heteroatoms. The summed E-state index contributed by atoms with van der Waals surface area (Å²) in [5, 5.41) is 19.2. The Kier molecular flexibility index (Phi) is 2.13. The summed E-state index contributed by atoms with van der Waals surface area (Å²) >= 11 is 0. The topological polar surface area (TPSA) is 52.9 Å². The number of phenols is 2. The van der Waals surface area contributed by atoms with Crippen molar-refractivity contribution in [3.63, 3.8) is 0 Å². The van der Waals surface area contributed by atoms with Crippen molar-refractivity contribution in [3.8, 4) is 23.0 Å². The molecule has 92 valence electrons. The Hall–Kier alpha value is -2.36. The number of aromatic hydroxyl groups is 2. The number of hydrogen-bond donors (Lipinski definition) is 2. The smallest absolute Gasteiger partial charge is 0.155 e. The third-order valence-corrected chi connectivity index (χ3v) is 3.11. The first kappa shape index (κ1) is 10.8. The SMILES string of the molecule is Cc1cc(O)cc2c1N(C)c1cc(O)ccc1O2. The first-order chi connectivity index (χ1) is 8.56. The highest BCUT2D eigenvalue weighted by atomic mass is 16.5. The van der Waals surface area contributed by atoms with Crippen LogP contribution < -0.4 is 9.64 Å². The van der Waals surface area contributed by atoms with Crippen LogP contribution in [0.2, 0.25) is 0 Å². The van der Waals surface area contributed by atoms with Crippen LogP contribution in [0.3, 0.4) is 0 Å². The highest BCUT2D eigenvalue weighted by Crippen LogP contribution is 2.49. The molecule has 0 atom stereocenters. The van der Waals surface area contributed by atoms with Gasteiger partial charge in [0.1, 0.15) is 11.5 Å². The average Bonchev–Trinajstić information content (AvgIpc) is 2.29. The van der Waals surface area contributed by atoms with Gasteiger partial charge in [-0.25, -0.2) is 0 Å². The van der Waals surface area contributed by atoms with Crippen LogP contribution in [0.4, 0.5) is 11.4 Å². The molecular formula is C14H13NO3. The van der Waals surface area contributed by atoms with Crippen LogP contribution in [0.15, 0.2) is 30.3 Å². The van der Waals surface area contributed by atoms with E-state index in [1.807, 2.05) is 18.9 Å². The second-order valence-corrected chi connectivity index (χ2v) is 4.42. The molecule has 1 heterocycles. The van der Waals surface area contributed by atoms with Crippen molar-refractivity contribution >= 4 is 11.4 Å². The van der Waals surface area contributed by atoms with E-state index in [2.05, 4.69) is 0 Å². The summed E-state index contributed by atoms with van der Waals surface area (Å²) in [6.45, 7) is 1.91. The molecule has 0 aliphatic carbocycles. The molecule has 2 N–H and O–H groups in total. The van der Waals surface area contributed by atoms with E-state index in [-0.39, 0.29) is 11.5 Å². The fraction of sp³-hybridized carbons (Fsp3) is 0.143. The lowest BCUT2D eigenvalue weighted by molar-refractivity contribution is 0.446. The van der Waals surface area contributed by atoms with E-state index in [1.165, 1.54) is 0 Å². The zero-order valence-corrected chi connectivity index (χ0v) is 10.1. The minimum Gasteiger partial charge on any atom is -0.508 e. The second kappa shape index (κ2) is 3.57. The zero-order valence-electron chi connectivity index (χ0n) is 10.1. The Morgan fingerprint density at radius 2 is 1.78 bits per heavy atom. The molecule has 0 saturated heterocycles. The molecular weight excluding hydrogens is 230 g/mol. The molecule has 0 amide bonds. The van der Waals surface area contributed by atoms with Gasteiger partial charge in [-0.05, 0) is 30.7 Å². The van der Waals surface area contributed by atoms with E-state index in [9.17, 15) is 10.2 Å². The predicted molar refractivity (Wildman–Crippen MR) is 69.1 cm³/mol. The molecule has 1 aliphatic rings. The maximum Gasteiger partial charge on any atom is 0.155 e. The molecule has 0 saturated carbocycles. The first-order valence-corrected chi connectivity index (χ1v) is 5.64. The Balaban J connectivity index is 2.22. The van der Waals surface area contributed by atoms with E-state index >= 15 is 0 Å². The van der Waals surface area contributed by atoms with Crippen molar-refractivity contribution in [2.45, 2.75) is 6.92 Å². The Bertz CT molecular complexity index is 637. The van der Waals surface area contributed by atoms with Gasteiger partial charge < -0.3 is 19.8 Å². The molecule has 0 unspecified atom stereocenters. The maximum atomic E-state index is 9.61. The third kappa shape index (κ3) is 1.46. The van der Waals surface area contributed by atoms with Gasteiger partial charge in [0.2, 0.25) is 0 Å². The van der Waals surface area contributed by atoms with Crippen LogP contribution in [0, 0.1) is 6.92 Å². The number of anilines is 2. The Morgan fingerprint density at radius 3 is 2.56 bits per heavy atom. The van der Waals surface area contributed by atoms with Gasteiger partial charge in [0.25, 0.3) is 0 Å². The summed E-state index contributed by atoms with van der Waals surface area (Å²) in [4.78, 5) is 1.95. The number of aryl methyl sites for hydroxylation is 1. The molecule has 18 heavy (non-hydrogen) atoms. The monoisotopic (exact) mass is 243 g/mol. The Morgan fingerprint density at radius 1 is 1.00 bits per heavy atom. The van der Waals surface area contributed by atoms with Crippen molar-refractivity contribution in [1.29, 1.82) is 0 Å². The van der Waals surface area contributed by atoms with Gasteiger partial charge in [0.15, 0.2) is 11.5 Å². The number of nitrogens with zero attached hydrogens (tertiary/aromatic N) is 1. The standard InChI is InChI=1S/C14H13NO3/c1-8-5-10(17)7-13-14(8)15(2)11-6-9(16)3-4-12(11)18-13/h3-7,16-17H,1-2H3. The normalized spacial score (nSPS) is 12.7. The number of ether oxygens (including phenoxy) is 1. The molecule has 4 nitrogen and oxygen atoms in total. The number of phenolic OH excluding ortho intramolecular Hbond substituents is 2. The van der Waals surface area contributed by atoms with Crippen molar-refractivity contribution in [1.82, 2.24) is 0 Å². The highest BCUT2D eigenvalue weighted by molar-refractivity contribution is 5.81. The van der Waals surface area contributed by atoms with Gasteiger partial charge in [-0.2, -0.15) is 0 Å². The van der Waals surface area contributed by atoms with Gasteiger partial charge in [-0.3, -0.25) is 0 Å². The van der Waals surface area contributed by atoms with E-state index < -0.39 is 0 Å². The highest BCUT2D eigenvalue weighted by Gasteiger charge is 2.24. The Labute approximate surface area is 105 Å². The van der Waals surface area contributed by atoms with Crippen LogP contribution in [0.1, 0.15) is 5.56 Å². The summed E-state index contributed by atoms with van der Waals surface area (Å²) in [7, 11) is 1.91. The molecule has 0 radical (unpaired) electrons. The summed E-state index contributed by atoms with van der Waals surface area (Å²) in [5.74, 6) is 1.66. The number of benzene rings is 2. The molecule has 0 spiro atoms. The third-order valence-electron chi connectivity index (χ3n) is 3.11. The number of hydrogen-bond acceptors (Lipinski definition) is 4. The van der Waals surface area contributed by atoms with Crippen LogP contribution in [0.5, 0.6) is 23.0 Å². The summed E-state index contributed by atoms with van der Waals surface area (Å²) in [6.07, 6.45) is 0. The van der Waals surface area contributed by atoms with Gasteiger partial charge in [-0.15, -0.1) is 0 Å². The average molecular weight is 243 g/mol. The van der Waals surface area contributed by atoms with Gasteiger partial charge >= 0.3 is 0 Å². The van der Waals surface area contributed by atoms with Crippen molar-refractivity contribution in [3.05, 3.63) is 35.9 Å². The lowest BCUT2D eigenvalue weighted by atomic mass is 10.1. The van der Waals surface area contributed by atoms with Gasteiger partial charge in [0, 0.05) is 19.2 Å². The van der Waals surface area contributed by atoms with Crippen LogP contribution >= 0.6 is 0 Å². The van der Waals surface area contributed by atoms with E-state index in [0.29, 0.717) is 11.5 Å². The van der Waals surface area contributed by atoms with Gasteiger partial charge in [-0.1, -0.05) is 0 Å². The van der Waals surface area contributed by atoms with Crippen LogP contribution in [0.25, 0.3) is 0 Å². The quantitative estimate of drug-likeness (QED) is 0.745. The fourth-order valence-electron chi connectivity index (χ4n) is 2.33. The van der Waals surface area contributed by atoms with Crippen LogP contribution in [-0.4, -0.2) is 17.3 Å². The van der Waals surface area contributed by atoms with Crippen molar-refractivity contribution in [2.24, 2.45) is 0 Å². The van der Waals surface area contributed by atoms with Crippen molar-refractivity contribution < 1.29 is 14.9 Å². The zero-order chi connectivity index (χ0) is 12.9. The first-order valence-electron chi connectivity index (χ1n) is 5.64. The molecule has 1 aliphatic heterocycles. The fourth-order valence-corrected chi connectivity index (χ4v) is 2.33. The number of fused-ring (bicyclic) bond motifs is 2. The lowest BCUT2D eigenvalue weighted by Crippen LogP contribution is -2.16. The lowest BCUT2D eigenvalue weighted by Gasteiger charge is -2.31. The van der Waals surface area contributed by atoms with E-state index in [4.69, 9.17) is 4.74 Å². The summed E-state index contributed by atoms with van der Waals surface area (Å²) in [5.41, 5.74) is 2.61. The number of rotatable bonds is 0.